The lowest BCUT2D eigenvalue weighted by Gasteiger charge is -2.16. The van der Waals surface area contributed by atoms with Crippen LogP contribution in [0, 0.1) is 0 Å². The molecule has 4 N–H and O–H groups in total. The molecule has 1 unspecified atom stereocenters. The van der Waals surface area contributed by atoms with Crippen molar-refractivity contribution in [2.75, 3.05) is 5.32 Å². The lowest BCUT2D eigenvalue weighted by atomic mass is 10.1. The Morgan fingerprint density at radius 1 is 1.21 bits per heavy atom. The molecule has 1 aliphatic heterocycles. The summed E-state index contributed by atoms with van der Waals surface area (Å²) in [5, 5.41) is 20.7. The molecular weight excluding hydrogens is 439 g/mol. The van der Waals surface area contributed by atoms with E-state index >= 15 is 0 Å². The van der Waals surface area contributed by atoms with Gasteiger partial charge in [0.15, 0.2) is 5.82 Å². The van der Waals surface area contributed by atoms with E-state index in [1.807, 2.05) is 36.4 Å². The number of nitrogens with one attached hydrogen (secondary N) is 2. The van der Waals surface area contributed by atoms with Crippen LogP contribution in [0.2, 0.25) is 0 Å². The summed E-state index contributed by atoms with van der Waals surface area (Å²) in [7, 11) is 0. The first kappa shape index (κ1) is 23.5. The van der Waals surface area contributed by atoms with Gasteiger partial charge in [-0.25, -0.2) is 14.8 Å². The normalized spacial score (nSPS) is 14.4. The third-order valence-corrected chi connectivity index (χ3v) is 4.60. The minimum absolute atomic E-state index is 0.0475. The minimum atomic E-state index is -5.08. The molecule has 172 valence electrons. The van der Waals surface area contributed by atoms with Gasteiger partial charge in [-0.1, -0.05) is 37.3 Å². The van der Waals surface area contributed by atoms with Gasteiger partial charge < -0.3 is 20.5 Å². The van der Waals surface area contributed by atoms with E-state index in [2.05, 4.69) is 44.3 Å². The first-order chi connectivity index (χ1) is 15.7. The number of fused-ring (bicyclic) bond motifs is 1. The number of aromatic amines is 1. The number of alkyl halides is 3. The molecule has 11 heteroatoms. The molecule has 0 amide bonds. The fourth-order valence-corrected chi connectivity index (χ4v) is 3.01. The van der Waals surface area contributed by atoms with Crippen LogP contribution in [0.25, 0.3) is 11.6 Å². The number of H-pyrrole nitrogens is 1. The fraction of sp³-hybridized carbons (Fsp3) is 0.182. The summed E-state index contributed by atoms with van der Waals surface area (Å²) in [4.78, 5) is 24.7. The number of aromatic hydroxyl groups is 1. The van der Waals surface area contributed by atoms with Gasteiger partial charge in [0.05, 0.1) is 6.04 Å². The van der Waals surface area contributed by atoms with E-state index in [0.29, 0.717) is 17.5 Å². The van der Waals surface area contributed by atoms with Gasteiger partial charge in [-0.15, -0.1) is 0 Å². The lowest BCUT2D eigenvalue weighted by Crippen LogP contribution is -2.21. The first-order valence-electron chi connectivity index (χ1n) is 9.80. The minimum Gasteiger partial charge on any atom is -0.492 e. The molecule has 0 saturated heterocycles. The Bertz CT molecular complexity index is 1170. The van der Waals surface area contributed by atoms with E-state index in [4.69, 9.17) is 9.90 Å². The molecule has 0 bridgehead atoms. The van der Waals surface area contributed by atoms with Crippen LogP contribution in [0.4, 0.5) is 24.9 Å². The number of anilines is 1. The Kier molecular flexibility index (Phi) is 7.11. The topological polar surface area (TPSA) is 123 Å². The lowest BCUT2D eigenvalue weighted by molar-refractivity contribution is -0.192. The summed E-state index contributed by atoms with van der Waals surface area (Å²) in [5.74, 6) is -1.58. The second kappa shape index (κ2) is 9.98. The van der Waals surface area contributed by atoms with Crippen LogP contribution in [0.3, 0.4) is 0 Å². The number of imidazole rings is 1. The van der Waals surface area contributed by atoms with Crippen molar-refractivity contribution in [1.82, 2.24) is 15.0 Å². The highest BCUT2D eigenvalue weighted by Crippen LogP contribution is 2.32. The number of halogens is 3. The molecule has 0 saturated carbocycles. The number of aliphatic imine (C=N–C) groups is 1. The van der Waals surface area contributed by atoms with Crippen molar-refractivity contribution in [3.63, 3.8) is 0 Å². The highest BCUT2D eigenvalue weighted by atomic mass is 19.4. The summed E-state index contributed by atoms with van der Waals surface area (Å²) in [6, 6.07) is 14.1. The van der Waals surface area contributed by atoms with Gasteiger partial charge in [0.1, 0.15) is 5.69 Å². The molecule has 8 nitrogen and oxygen atoms in total. The van der Waals surface area contributed by atoms with E-state index in [-0.39, 0.29) is 11.9 Å². The zero-order valence-electron chi connectivity index (χ0n) is 17.3. The molecule has 1 atom stereocenters. The summed E-state index contributed by atoms with van der Waals surface area (Å²) in [5.41, 5.74) is 3.53. The largest absolute Gasteiger partial charge is 0.492 e. The molecule has 3 aromatic rings. The van der Waals surface area contributed by atoms with Crippen LogP contribution in [0.15, 0.2) is 53.7 Å². The predicted molar refractivity (Wildman–Crippen MR) is 117 cm³/mol. The van der Waals surface area contributed by atoms with Crippen molar-refractivity contribution < 1.29 is 28.2 Å². The van der Waals surface area contributed by atoms with E-state index < -0.39 is 12.1 Å². The highest BCUT2D eigenvalue weighted by molar-refractivity contribution is 6.20. The monoisotopic (exact) mass is 459 g/mol. The van der Waals surface area contributed by atoms with Gasteiger partial charge in [0, 0.05) is 23.5 Å². The number of aromatic nitrogens is 3. The molecule has 3 heterocycles. The van der Waals surface area contributed by atoms with E-state index in [1.54, 1.807) is 12.4 Å². The van der Waals surface area contributed by atoms with Gasteiger partial charge in [0.25, 0.3) is 0 Å². The van der Waals surface area contributed by atoms with E-state index in [1.165, 1.54) is 5.56 Å². The van der Waals surface area contributed by atoms with Gasteiger partial charge in [-0.3, -0.25) is 0 Å². The average molecular weight is 459 g/mol. The number of rotatable bonds is 5. The number of hydrogen-bond donors (Lipinski definition) is 4. The molecule has 1 aromatic carbocycles. The maximum Gasteiger partial charge on any atom is 0.490 e. The number of hydrogen-bond acceptors (Lipinski definition) is 6. The maximum atomic E-state index is 10.6. The number of carbonyl (C=O) groups is 1. The molecule has 1 aliphatic rings. The smallest absolute Gasteiger partial charge is 0.490 e. The molecule has 0 spiro atoms. The second-order valence-corrected chi connectivity index (χ2v) is 6.87. The highest BCUT2D eigenvalue weighted by Gasteiger charge is 2.38. The quantitative estimate of drug-likeness (QED) is 0.428. The van der Waals surface area contributed by atoms with Crippen molar-refractivity contribution in [3.8, 4) is 5.88 Å². The predicted octanol–water partition coefficient (Wildman–Crippen LogP) is 4.96. The van der Waals surface area contributed by atoms with Crippen molar-refractivity contribution >= 4 is 35.6 Å². The standard InChI is InChI=1S/C20H19N5O.C2HF3O2/c1-2-16(13-7-4-3-5-8-13)23-20-24-17(19(26)25-20)11-14-12-22-18-15(14)9-6-10-21-18;3-2(4,5)1(6)7/h3-12,16,26H,2H2,1H3,(H2,23,24,25);(H,6,7). The molecule has 4 rings (SSSR count). The number of carboxylic acids is 1. The third-order valence-electron chi connectivity index (χ3n) is 4.60. The number of carboxylic acid groups (broad SMARTS) is 1. The molecule has 33 heavy (non-hydrogen) atoms. The Balaban J connectivity index is 0.000000383. The Morgan fingerprint density at radius 2 is 1.91 bits per heavy atom. The second-order valence-electron chi connectivity index (χ2n) is 6.87. The van der Waals surface area contributed by atoms with Gasteiger partial charge in [-0.05, 0) is 30.2 Å². The zero-order chi connectivity index (χ0) is 24.0. The fourth-order valence-electron chi connectivity index (χ4n) is 3.01. The van der Waals surface area contributed by atoms with Gasteiger partial charge >= 0.3 is 12.1 Å². The Morgan fingerprint density at radius 3 is 2.55 bits per heavy atom. The van der Waals surface area contributed by atoms with Crippen molar-refractivity contribution in [1.29, 1.82) is 0 Å². The summed E-state index contributed by atoms with van der Waals surface area (Å²) in [6.45, 7) is 2.11. The third kappa shape index (κ3) is 5.97. The summed E-state index contributed by atoms with van der Waals surface area (Å²) >= 11 is 0. The molecule has 0 aliphatic carbocycles. The van der Waals surface area contributed by atoms with E-state index in [9.17, 15) is 18.3 Å². The summed E-state index contributed by atoms with van der Waals surface area (Å²) in [6.07, 6.45) is 1.09. The van der Waals surface area contributed by atoms with Gasteiger partial charge in [-0.2, -0.15) is 18.2 Å². The van der Waals surface area contributed by atoms with Crippen LogP contribution in [-0.4, -0.2) is 43.5 Å². The molecule has 2 aromatic heterocycles. The number of aliphatic carboxylic acids is 1. The Labute approximate surface area is 186 Å². The number of allylic oxidation sites excluding steroid dienone is 1. The number of pyridine rings is 1. The molecule has 0 radical (unpaired) electrons. The SMILES string of the molecule is CCC(Nc1nc(O)c(C=C2C=Nc3ncccc32)[nH]1)c1ccccc1.O=C(O)C(F)(F)F. The van der Waals surface area contributed by atoms with Crippen LogP contribution < -0.4 is 5.32 Å². The molecular formula is C22H20F3N5O3. The summed E-state index contributed by atoms with van der Waals surface area (Å²) < 4.78 is 31.7. The van der Waals surface area contributed by atoms with Crippen molar-refractivity contribution in [2.45, 2.75) is 25.6 Å². The van der Waals surface area contributed by atoms with Crippen LogP contribution in [0.5, 0.6) is 5.88 Å². The van der Waals surface area contributed by atoms with E-state index in [0.717, 1.165) is 17.6 Å². The van der Waals surface area contributed by atoms with Crippen LogP contribution in [0.1, 0.15) is 36.2 Å². The number of nitrogens with zero attached hydrogens (tertiary/aromatic N) is 3. The van der Waals surface area contributed by atoms with Crippen molar-refractivity contribution in [2.24, 2.45) is 4.99 Å². The zero-order valence-corrected chi connectivity index (χ0v) is 17.3. The molecule has 0 fully saturated rings. The van der Waals surface area contributed by atoms with Crippen molar-refractivity contribution in [3.05, 3.63) is 65.5 Å². The van der Waals surface area contributed by atoms with Gasteiger partial charge in [0.2, 0.25) is 11.8 Å². The number of benzene rings is 1. The maximum absolute atomic E-state index is 10.6. The average Bonchev–Trinajstić information content (AvgIpc) is 3.36. The van der Waals surface area contributed by atoms with Crippen LogP contribution >= 0.6 is 0 Å². The first-order valence-corrected chi connectivity index (χ1v) is 9.80. The Hall–Kier alpha value is -4.15. The van der Waals surface area contributed by atoms with Crippen LogP contribution in [-0.2, 0) is 4.79 Å².